The summed E-state index contributed by atoms with van der Waals surface area (Å²) >= 11 is 3.22. The van der Waals surface area contributed by atoms with Crippen molar-refractivity contribution in [1.82, 2.24) is 0 Å². The van der Waals surface area contributed by atoms with E-state index < -0.39 is 0 Å². The standard InChI is InChI=1S/C12H16BrNO2/c13-9-6-8(7-10(15)11(9)16)12(14)4-2-1-3-5-12/h6-7,15-16H,1-5,14H2. The molecule has 1 aromatic carbocycles. The number of benzene rings is 1. The van der Waals surface area contributed by atoms with E-state index in [2.05, 4.69) is 15.9 Å². The Bertz CT molecular complexity index is 377. The van der Waals surface area contributed by atoms with Crippen molar-refractivity contribution in [2.24, 2.45) is 5.73 Å². The van der Waals surface area contributed by atoms with Crippen molar-refractivity contribution in [2.75, 3.05) is 0 Å². The minimum Gasteiger partial charge on any atom is -0.504 e. The van der Waals surface area contributed by atoms with E-state index >= 15 is 0 Å². The fraction of sp³-hybridized carbons (Fsp3) is 0.500. The Kier molecular flexibility index (Phi) is 3.13. The molecule has 0 saturated heterocycles. The van der Waals surface area contributed by atoms with Gasteiger partial charge in [-0.2, -0.15) is 0 Å². The molecular formula is C12H16BrNO2. The molecule has 0 spiro atoms. The number of hydrogen-bond acceptors (Lipinski definition) is 3. The van der Waals surface area contributed by atoms with Gasteiger partial charge in [0.2, 0.25) is 0 Å². The van der Waals surface area contributed by atoms with Crippen LogP contribution < -0.4 is 5.73 Å². The van der Waals surface area contributed by atoms with E-state index in [0.29, 0.717) is 4.47 Å². The van der Waals surface area contributed by atoms with Crippen LogP contribution in [0.25, 0.3) is 0 Å². The number of rotatable bonds is 1. The maximum atomic E-state index is 9.59. The van der Waals surface area contributed by atoms with Gasteiger partial charge in [0.15, 0.2) is 11.5 Å². The van der Waals surface area contributed by atoms with Gasteiger partial charge in [-0.3, -0.25) is 0 Å². The van der Waals surface area contributed by atoms with Gasteiger partial charge in [0, 0.05) is 5.54 Å². The minimum atomic E-state index is -0.355. The second-order valence-electron chi connectivity index (χ2n) is 4.54. The molecule has 0 atom stereocenters. The average Bonchev–Trinajstić information content (AvgIpc) is 2.26. The van der Waals surface area contributed by atoms with Crippen LogP contribution in [0.5, 0.6) is 11.5 Å². The minimum absolute atomic E-state index is 0.111. The highest BCUT2D eigenvalue weighted by molar-refractivity contribution is 9.10. The van der Waals surface area contributed by atoms with Gasteiger partial charge in [-0.15, -0.1) is 0 Å². The number of nitrogens with two attached hydrogens (primary N) is 1. The van der Waals surface area contributed by atoms with Crippen molar-refractivity contribution in [3.8, 4) is 11.5 Å². The summed E-state index contributed by atoms with van der Waals surface area (Å²) in [6.07, 6.45) is 5.34. The van der Waals surface area contributed by atoms with E-state index in [0.717, 1.165) is 31.2 Å². The van der Waals surface area contributed by atoms with Gasteiger partial charge in [-0.25, -0.2) is 0 Å². The second kappa shape index (κ2) is 4.26. The van der Waals surface area contributed by atoms with E-state index in [1.165, 1.54) is 6.42 Å². The lowest BCUT2D eigenvalue weighted by Gasteiger charge is -2.34. The SMILES string of the molecule is NC1(c2cc(O)c(O)c(Br)c2)CCCCC1. The number of hydrogen-bond donors (Lipinski definition) is 3. The monoisotopic (exact) mass is 285 g/mol. The van der Waals surface area contributed by atoms with Crippen LogP contribution >= 0.6 is 15.9 Å². The largest absolute Gasteiger partial charge is 0.504 e. The Morgan fingerprint density at radius 1 is 1.12 bits per heavy atom. The highest BCUT2D eigenvalue weighted by atomic mass is 79.9. The van der Waals surface area contributed by atoms with Gasteiger partial charge < -0.3 is 15.9 Å². The highest BCUT2D eigenvalue weighted by Crippen LogP contribution is 2.41. The van der Waals surface area contributed by atoms with Crippen LogP contribution in [-0.2, 0) is 5.54 Å². The predicted octanol–water partition coefficient (Wildman–Crippen LogP) is 2.98. The van der Waals surface area contributed by atoms with E-state index in [1.807, 2.05) is 0 Å². The van der Waals surface area contributed by atoms with E-state index in [4.69, 9.17) is 5.73 Å². The third-order valence-electron chi connectivity index (χ3n) is 3.36. The number of halogens is 1. The summed E-state index contributed by atoms with van der Waals surface area (Å²) in [5.74, 6) is -0.233. The van der Waals surface area contributed by atoms with Crippen molar-refractivity contribution in [2.45, 2.75) is 37.6 Å². The maximum Gasteiger partial charge on any atom is 0.171 e. The van der Waals surface area contributed by atoms with E-state index in [-0.39, 0.29) is 17.0 Å². The Morgan fingerprint density at radius 3 is 2.31 bits per heavy atom. The van der Waals surface area contributed by atoms with Crippen LogP contribution in [-0.4, -0.2) is 10.2 Å². The Hall–Kier alpha value is -0.740. The molecule has 0 aromatic heterocycles. The fourth-order valence-electron chi connectivity index (χ4n) is 2.34. The van der Waals surface area contributed by atoms with E-state index in [1.54, 1.807) is 12.1 Å². The fourth-order valence-corrected chi connectivity index (χ4v) is 2.79. The van der Waals surface area contributed by atoms with Crippen molar-refractivity contribution in [3.63, 3.8) is 0 Å². The topological polar surface area (TPSA) is 66.5 Å². The molecule has 0 aliphatic heterocycles. The first-order valence-corrected chi connectivity index (χ1v) is 6.33. The van der Waals surface area contributed by atoms with Gasteiger partial charge in [0.05, 0.1) is 4.47 Å². The molecule has 0 radical (unpaired) electrons. The third kappa shape index (κ3) is 2.04. The molecule has 4 heteroatoms. The highest BCUT2D eigenvalue weighted by Gasteiger charge is 2.30. The smallest absolute Gasteiger partial charge is 0.171 e. The average molecular weight is 286 g/mol. The summed E-state index contributed by atoms with van der Waals surface area (Å²) in [5, 5.41) is 19.1. The van der Waals surface area contributed by atoms with Gasteiger partial charge in [-0.05, 0) is 46.5 Å². The third-order valence-corrected chi connectivity index (χ3v) is 3.97. The summed E-state index contributed by atoms with van der Waals surface area (Å²) in [6, 6.07) is 3.38. The van der Waals surface area contributed by atoms with Crippen LogP contribution in [0.4, 0.5) is 0 Å². The molecule has 1 aliphatic carbocycles. The molecule has 0 heterocycles. The van der Waals surface area contributed by atoms with Crippen molar-refractivity contribution in [1.29, 1.82) is 0 Å². The lowest BCUT2D eigenvalue weighted by Crippen LogP contribution is -2.38. The second-order valence-corrected chi connectivity index (χ2v) is 5.40. The lowest BCUT2D eigenvalue weighted by molar-refractivity contribution is 0.300. The number of phenolic OH excluding ortho intramolecular Hbond substituents is 2. The zero-order valence-electron chi connectivity index (χ0n) is 9.04. The molecule has 2 rings (SSSR count). The molecule has 0 amide bonds. The van der Waals surface area contributed by atoms with Crippen LogP contribution in [0.15, 0.2) is 16.6 Å². The molecule has 3 nitrogen and oxygen atoms in total. The molecule has 1 saturated carbocycles. The predicted molar refractivity (Wildman–Crippen MR) is 66.4 cm³/mol. The summed E-state index contributed by atoms with van der Waals surface area (Å²) in [7, 11) is 0. The summed E-state index contributed by atoms with van der Waals surface area (Å²) in [5.41, 5.74) is 6.90. The summed E-state index contributed by atoms with van der Waals surface area (Å²) in [4.78, 5) is 0. The van der Waals surface area contributed by atoms with Crippen LogP contribution in [0.3, 0.4) is 0 Å². The Morgan fingerprint density at radius 2 is 1.75 bits per heavy atom. The van der Waals surface area contributed by atoms with Gasteiger partial charge >= 0.3 is 0 Å². The lowest BCUT2D eigenvalue weighted by atomic mass is 9.77. The van der Waals surface area contributed by atoms with Crippen LogP contribution in [0.2, 0.25) is 0 Å². The van der Waals surface area contributed by atoms with Crippen LogP contribution in [0.1, 0.15) is 37.7 Å². The Balaban J connectivity index is 2.39. The molecule has 0 unspecified atom stereocenters. The number of phenols is 2. The zero-order chi connectivity index (χ0) is 11.8. The van der Waals surface area contributed by atoms with Crippen molar-refractivity contribution >= 4 is 15.9 Å². The first kappa shape index (κ1) is 11.7. The normalized spacial score (nSPS) is 19.6. The quantitative estimate of drug-likeness (QED) is 0.695. The zero-order valence-corrected chi connectivity index (χ0v) is 10.6. The van der Waals surface area contributed by atoms with Gasteiger partial charge in [0.1, 0.15) is 0 Å². The molecule has 4 N–H and O–H groups in total. The first-order valence-electron chi connectivity index (χ1n) is 5.54. The first-order chi connectivity index (χ1) is 7.53. The van der Waals surface area contributed by atoms with E-state index in [9.17, 15) is 10.2 Å². The van der Waals surface area contributed by atoms with Crippen molar-refractivity contribution < 1.29 is 10.2 Å². The van der Waals surface area contributed by atoms with Gasteiger partial charge in [0.25, 0.3) is 0 Å². The van der Waals surface area contributed by atoms with Gasteiger partial charge in [-0.1, -0.05) is 19.3 Å². The maximum absolute atomic E-state index is 9.59. The van der Waals surface area contributed by atoms with Crippen molar-refractivity contribution in [3.05, 3.63) is 22.2 Å². The molecule has 0 bridgehead atoms. The molecular weight excluding hydrogens is 270 g/mol. The molecule has 16 heavy (non-hydrogen) atoms. The molecule has 1 aromatic rings. The molecule has 1 fully saturated rings. The molecule has 88 valence electrons. The summed E-state index contributed by atoms with van der Waals surface area (Å²) < 4.78 is 0.498. The Labute approximate surface area is 103 Å². The van der Waals surface area contributed by atoms with Crippen LogP contribution in [0, 0.1) is 0 Å². The summed E-state index contributed by atoms with van der Waals surface area (Å²) in [6.45, 7) is 0. The molecule has 1 aliphatic rings. The number of aromatic hydroxyl groups is 2.